The summed E-state index contributed by atoms with van der Waals surface area (Å²) in [5.74, 6) is 0.114. The number of nitrogens with one attached hydrogen (secondary N) is 1. The minimum atomic E-state index is -0.554. The van der Waals surface area contributed by atoms with E-state index in [2.05, 4.69) is 54.4 Å². The third-order valence-electron chi connectivity index (χ3n) is 6.40. The first-order valence-electron chi connectivity index (χ1n) is 9.11. The zero-order chi connectivity index (χ0) is 18.7. The number of hydrogen-bond donors (Lipinski definition) is 1. The van der Waals surface area contributed by atoms with E-state index in [-0.39, 0.29) is 22.7 Å². The van der Waals surface area contributed by atoms with Crippen molar-refractivity contribution in [3.05, 3.63) is 52.7 Å². The molecule has 1 aromatic carbocycles. The minimum absolute atomic E-state index is 0.0378. The van der Waals surface area contributed by atoms with Crippen LogP contribution in [0, 0.1) is 29.6 Å². The van der Waals surface area contributed by atoms with Crippen LogP contribution in [0.1, 0.15) is 44.0 Å². The average molecular weight is 345 g/mol. The maximum Gasteiger partial charge on any atom is 0.178 e. The summed E-state index contributed by atoms with van der Waals surface area (Å²) in [6.45, 7) is 8.17. The number of H-pyrrole nitrogens is 1. The number of aromatic nitrogens is 2. The van der Waals surface area contributed by atoms with Crippen LogP contribution < -0.4 is 0 Å². The Balaban J connectivity index is 1.90. The maximum absolute atomic E-state index is 12.7. The number of nitrogens with zero attached hydrogens (tertiary/aromatic N) is 2. The molecule has 2 atom stereocenters. The third kappa shape index (κ3) is 2.13. The summed E-state index contributed by atoms with van der Waals surface area (Å²) in [7, 11) is 0. The predicted octanol–water partition coefficient (Wildman–Crippen LogP) is 4.26. The first-order chi connectivity index (χ1) is 12.3. The molecule has 0 saturated heterocycles. The number of rotatable bonds is 1. The highest BCUT2D eigenvalue weighted by atomic mass is 16.1. The molecule has 1 heterocycles. The lowest BCUT2D eigenvalue weighted by atomic mass is 9.52. The molecule has 1 N–H and O–H groups in total. The summed E-state index contributed by atoms with van der Waals surface area (Å²) in [5.41, 5.74) is 4.91. The van der Waals surface area contributed by atoms with Crippen LogP contribution in [0.2, 0.25) is 0 Å². The van der Waals surface area contributed by atoms with Crippen molar-refractivity contribution in [2.45, 2.75) is 46.0 Å². The van der Waals surface area contributed by atoms with Crippen LogP contribution in [-0.4, -0.2) is 16.0 Å². The highest BCUT2D eigenvalue weighted by molar-refractivity contribution is 6.04. The van der Waals surface area contributed by atoms with Gasteiger partial charge in [-0.2, -0.15) is 10.4 Å². The number of benzene rings is 1. The first kappa shape index (κ1) is 16.8. The lowest BCUT2D eigenvalue weighted by Crippen LogP contribution is -2.51. The zero-order valence-corrected chi connectivity index (χ0v) is 15.7. The fourth-order valence-electron chi connectivity index (χ4n) is 5.00. The third-order valence-corrected chi connectivity index (χ3v) is 6.40. The Morgan fingerprint density at radius 3 is 2.58 bits per heavy atom. The van der Waals surface area contributed by atoms with Gasteiger partial charge in [0, 0.05) is 27.7 Å². The van der Waals surface area contributed by atoms with E-state index in [0.29, 0.717) is 0 Å². The second kappa shape index (κ2) is 5.41. The van der Waals surface area contributed by atoms with Crippen molar-refractivity contribution in [1.29, 1.82) is 5.26 Å². The Hall–Kier alpha value is -2.67. The topological polar surface area (TPSA) is 69.5 Å². The van der Waals surface area contributed by atoms with E-state index in [0.717, 1.165) is 29.8 Å². The number of aromatic amines is 1. The molecule has 0 amide bonds. The molecule has 0 bridgehead atoms. The number of carbonyl (C=O) groups excluding carboxylic acids is 1. The number of carbonyl (C=O) groups is 1. The van der Waals surface area contributed by atoms with Crippen LogP contribution in [0.3, 0.4) is 0 Å². The number of aryl methyl sites for hydroxylation is 1. The Labute approximate surface area is 153 Å². The fraction of sp³-hybridized carbons (Fsp3) is 0.409. The summed E-state index contributed by atoms with van der Waals surface area (Å²) in [6.07, 6.45) is 3.68. The monoisotopic (exact) mass is 345 g/mol. The number of fused-ring (bicyclic) bond motifs is 3. The quantitative estimate of drug-likeness (QED) is 0.839. The van der Waals surface area contributed by atoms with Crippen LogP contribution >= 0.6 is 0 Å². The van der Waals surface area contributed by atoms with Crippen molar-refractivity contribution >= 4 is 5.78 Å². The number of hydrogen-bond acceptors (Lipinski definition) is 3. The van der Waals surface area contributed by atoms with Gasteiger partial charge in [0.15, 0.2) is 5.78 Å². The molecule has 0 aliphatic heterocycles. The maximum atomic E-state index is 12.7. The van der Waals surface area contributed by atoms with Gasteiger partial charge in [-0.15, -0.1) is 0 Å². The lowest BCUT2D eigenvalue weighted by Gasteiger charge is -2.49. The molecule has 4 heteroatoms. The Morgan fingerprint density at radius 1 is 1.23 bits per heavy atom. The Kier molecular flexibility index (Phi) is 3.49. The molecule has 2 aliphatic rings. The molecule has 1 aromatic heterocycles. The summed E-state index contributed by atoms with van der Waals surface area (Å²) < 4.78 is 0. The van der Waals surface area contributed by atoms with Gasteiger partial charge in [-0.25, -0.2) is 0 Å². The SMILES string of the molecule is Cc1ccc(-c2n[nH]c3c2CC[C@H]2C(C)(C)C(=O)C(C#N)=C[C@]32C)cc1. The van der Waals surface area contributed by atoms with Gasteiger partial charge in [-0.3, -0.25) is 9.89 Å². The van der Waals surface area contributed by atoms with Gasteiger partial charge in [0.25, 0.3) is 0 Å². The van der Waals surface area contributed by atoms with E-state index >= 15 is 0 Å². The highest BCUT2D eigenvalue weighted by Crippen LogP contribution is 2.55. The van der Waals surface area contributed by atoms with Crippen molar-refractivity contribution in [2.75, 3.05) is 0 Å². The molecule has 2 aromatic rings. The summed E-state index contributed by atoms with van der Waals surface area (Å²) in [5, 5.41) is 17.4. The van der Waals surface area contributed by atoms with Crippen molar-refractivity contribution in [1.82, 2.24) is 10.2 Å². The molecular formula is C22H23N3O. The van der Waals surface area contributed by atoms with E-state index in [4.69, 9.17) is 0 Å². The molecule has 2 aliphatic carbocycles. The van der Waals surface area contributed by atoms with Gasteiger partial charge >= 0.3 is 0 Å². The van der Waals surface area contributed by atoms with Gasteiger partial charge in [-0.05, 0) is 25.7 Å². The smallest absolute Gasteiger partial charge is 0.178 e. The van der Waals surface area contributed by atoms with Crippen LogP contribution in [0.5, 0.6) is 0 Å². The molecule has 0 saturated carbocycles. The van der Waals surface area contributed by atoms with Gasteiger partial charge in [0.1, 0.15) is 6.07 Å². The van der Waals surface area contributed by atoms with E-state index in [1.54, 1.807) is 0 Å². The first-order valence-corrected chi connectivity index (χ1v) is 9.11. The average Bonchev–Trinajstić information content (AvgIpc) is 3.04. The van der Waals surface area contributed by atoms with Gasteiger partial charge in [0.05, 0.1) is 11.3 Å². The van der Waals surface area contributed by atoms with E-state index < -0.39 is 5.41 Å². The highest BCUT2D eigenvalue weighted by Gasteiger charge is 2.54. The second-order valence-corrected chi connectivity index (χ2v) is 8.39. The van der Waals surface area contributed by atoms with Crippen LogP contribution in [0.15, 0.2) is 35.9 Å². The van der Waals surface area contributed by atoms with Gasteiger partial charge in [-0.1, -0.05) is 56.7 Å². The number of allylic oxidation sites excluding steroid dienone is 2. The minimum Gasteiger partial charge on any atom is -0.293 e. The van der Waals surface area contributed by atoms with E-state index in [1.807, 2.05) is 19.9 Å². The molecule has 132 valence electrons. The number of nitriles is 1. The standard InChI is InChI=1S/C22H23N3O/c1-13-5-7-14(8-6-13)18-16-9-10-17-21(2,3)20(26)15(12-23)11-22(17,4)19(16)25-24-18/h5-8,11,17H,9-10H2,1-4H3,(H,24,25)/t17-,22-/m0/s1. The van der Waals surface area contributed by atoms with Crippen LogP contribution in [-0.2, 0) is 16.6 Å². The number of ketones is 1. The Bertz CT molecular complexity index is 972. The summed E-state index contributed by atoms with van der Waals surface area (Å²) in [4.78, 5) is 12.7. The normalized spacial score (nSPS) is 26.5. The number of Topliss-reactive ketones (excluding diaryl/α,β-unsaturated/α-hetero) is 1. The van der Waals surface area contributed by atoms with Crippen LogP contribution in [0.25, 0.3) is 11.3 Å². The molecule has 26 heavy (non-hydrogen) atoms. The van der Waals surface area contributed by atoms with Crippen molar-refractivity contribution in [3.8, 4) is 17.3 Å². The molecule has 0 unspecified atom stereocenters. The molecule has 0 spiro atoms. The molecular weight excluding hydrogens is 322 g/mol. The van der Waals surface area contributed by atoms with Crippen molar-refractivity contribution in [2.24, 2.45) is 11.3 Å². The van der Waals surface area contributed by atoms with Crippen molar-refractivity contribution in [3.63, 3.8) is 0 Å². The fourth-order valence-corrected chi connectivity index (χ4v) is 5.00. The van der Waals surface area contributed by atoms with E-state index in [1.165, 1.54) is 11.1 Å². The summed E-state index contributed by atoms with van der Waals surface area (Å²) in [6, 6.07) is 10.5. The van der Waals surface area contributed by atoms with Gasteiger partial charge < -0.3 is 0 Å². The zero-order valence-electron chi connectivity index (χ0n) is 15.7. The lowest BCUT2D eigenvalue weighted by molar-refractivity contribution is -0.128. The largest absolute Gasteiger partial charge is 0.293 e. The summed E-state index contributed by atoms with van der Waals surface area (Å²) >= 11 is 0. The van der Waals surface area contributed by atoms with Crippen molar-refractivity contribution < 1.29 is 4.79 Å². The second-order valence-electron chi connectivity index (χ2n) is 8.39. The van der Waals surface area contributed by atoms with Crippen LogP contribution in [0.4, 0.5) is 0 Å². The molecule has 4 nitrogen and oxygen atoms in total. The molecule has 4 rings (SSSR count). The Morgan fingerprint density at radius 2 is 1.92 bits per heavy atom. The molecule has 0 radical (unpaired) electrons. The van der Waals surface area contributed by atoms with E-state index in [9.17, 15) is 10.1 Å². The predicted molar refractivity (Wildman–Crippen MR) is 100 cm³/mol. The molecule has 0 fully saturated rings. The van der Waals surface area contributed by atoms with Gasteiger partial charge in [0.2, 0.25) is 0 Å².